The molecule has 0 spiro atoms. The van der Waals surface area contributed by atoms with Gasteiger partial charge in [-0.25, -0.2) is 0 Å². The lowest BCUT2D eigenvalue weighted by atomic mass is 9.89. The highest BCUT2D eigenvalue weighted by atomic mass is 35.5. The van der Waals surface area contributed by atoms with Gasteiger partial charge in [-0.1, -0.05) is 75.7 Å². The van der Waals surface area contributed by atoms with Crippen molar-refractivity contribution in [3.8, 4) is 0 Å². The Morgan fingerprint density at radius 2 is 1.71 bits per heavy atom. The van der Waals surface area contributed by atoms with Gasteiger partial charge in [0.25, 0.3) is 0 Å². The molecule has 0 aliphatic heterocycles. The summed E-state index contributed by atoms with van der Waals surface area (Å²) in [4.78, 5) is 0. The Bertz CT molecular complexity index is 386. The molecule has 2 atom stereocenters. The predicted octanol–water partition coefficient (Wildman–Crippen LogP) is 6.64. The van der Waals surface area contributed by atoms with Crippen LogP contribution in [0.3, 0.4) is 0 Å². The van der Waals surface area contributed by atoms with Gasteiger partial charge < -0.3 is 5.32 Å². The minimum Gasteiger partial charge on any atom is -0.310 e. The summed E-state index contributed by atoms with van der Waals surface area (Å²) in [6, 6.07) is 6.06. The number of hydrogen-bond acceptors (Lipinski definition) is 1. The zero-order valence-electron chi connectivity index (χ0n) is 13.6. The van der Waals surface area contributed by atoms with Gasteiger partial charge in [0.05, 0.1) is 0 Å². The van der Waals surface area contributed by atoms with Crippen molar-refractivity contribution >= 4 is 23.2 Å². The highest BCUT2D eigenvalue weighted by Gasteiger charge is 2.21. The molecule has 0 saturated heterocycles. The summed E-state index contributed by atoms with van der Waals surface area (Å²) in [7, 11) is 0. The molecule has 0 radical (unpaired) electrons. The second-order valence-corrected chi connectivity index (χ2v) is 6.61. The Labute approximate surface area is 140 Å². The lowest BCUT2D eigenvalue weighted by molar-refractivity contribution is 0.354. The highest BCUT2D eigenvalue weighted by Crippen LogP contribution is 2.35. The fraction of sp³-hybridized carbons (Fsp3) is 0.667. The highest BCUT2D eigenvalue weighted by molar-refractivity contribution is 6.36. The normalized spacial score (nSPS) is 14.1. The summed E-state index contributed by atoms with van der Waals surface area (Å²) in [5.41, 5.74) is 1.07. The van der Waals surface area contributed by atoms with Crippen LogP contribution >= 0.6 is 23.2 Å². The molecule has 120 valence electrons. The number of hydrogen-bond donors (Lipinski definition) is 1. The van der Waals surface area contributed by atoms with Crippen LogP contribution in [0.4, 0.5) is 0 Å². The van der Waals surface area contributed by atoms with Crippen LogP contribution in [-0.2, 0) is 0 Å². The van der Waals surface area contributed by atoms with E-state index in [2.05, 4.69) is 26.1 Å². The zero-order valence-corrected chi connectivity index (χ0v) is 15.1. The van der Waals surface area contributed by atoms with Crippen LogP contribution in [0.15, 0.2) is 18.2 Å². The van der Waals surface area contributed by atoms with E-state index >= 15 is 0 Å². The maximum Gasteiger partial charge on any atom is 0.0468 e. The first-order valence-corrected chi connectivity index (χ1v) is 9.06. The van der Waals surface area contributed by atoms with Gasteiger partial charge in [-0.3, -0.25) is 0 Å². The average Bonchev–Trinajstić information content (AvgIpc) is 2.48. The Hall–Kier alpha value is -0.240. The van der Waals surface area contributed by atoms with E-state index in [4.69, 9.17) is 23.2 Å². The summed E-state index contributed by atoms with van der Waals surface area (Å²) in [6.07, 6.45) is 7.29. The Balaban J connectivity index is 2.88. The number of nitrogens with one attached hydrogen (secondary N) is 1. The van der Waals surface area contributed by atoms with E-state index in [-0.39, 0.29) is 6.04 Å². The molecular weight excluding hydrogens is 301 g/mol. The molecule has 1 rings (SSSR count). The van der Waals surface area contributed by atoms with Crippen molar-refractivity contribution in [2.24, 2.45) is 5.92 Å². The largest absolute Gasteiger partial charge is 0.310 e. The van der Waals surface area contributed by atoms with Crippen LogP contribution < -0.4 is 5.32 Å². The molecule has 21 heavy (non-hydrogen) atoms. The SMILES string of the molecule is CCCCC(CC)CC(NCCC)c1c(Cl)cccc1Cl. The minimum absolute atomic E-state index is 0.257. The second-order valence-electron chi connectivity index (χ2n) is 5.79. The van der Waals surface area contributed by atoms with E-state index in [9.17, 15) is 0 Å². The molecule has 0 saturated carbocycles. The van der Waals surface area contributed by atoms with Gasteiger partial charge in [0.15, 0.2) is 0 Å². The van der Waals surface area contributed by atoms with Crippen molar-refractivity contribution in [3.63, 3.8) is 0 Å². The van der Waals surface area contributed by atoms with Crippen molar-refractivity contribution < 1.29 is 0 Å². The van der Waals surface area contributed by atoms with Gasteiger partial charge in [-0.2, -0.15) is 0 Å². The quantitative estimate of drug-likeness (QED) is 0.507. The maximum atomic E-state index is 6.41. The van der Waals surface area contributed by atoms with Gasteiger partial charge in [-0.15, -0.1) is 0 Å². The van der Waals surface area contributed by atoms with Crippen molar-refractivity contribution in [3.05, 3.63) is 33.8 Å². The molecule has 1 nitrogen and oxygen atoms in total. The standard InChI is InChI=1S/C18H29Cl2N/c1-4-7-9-14(6-3)13-17(21-12-5-2)18-15(19)10-8-11-16(18)20/h8,10-11,14,17,21H,4-7,9,12-13H2,1-3H3. The maximum absolute atomic E-state index is 6.41. The van der Waals surface area contributed by atoms with E-state index in [1.165, 1.54) is 25.7 Å². The molecule has 0 aromatic heterocycles. The van der Waals surface area contributed by atoms with Crippen molar-refractivity contribution in [2.75, 3.05) is 6.54 Å². The van der Waals surface area contributed by atoms with E-state index in [1.54, 1.807) is 0 Å². The first kappa shape index (κ1) is 18.8. The summed E-state index contributed by atoms with van der Waals surface area (Å²) in [5, 5.41) is 5.20. The van der Waals surface area contributed by atoms with Crippen LogP contribution in [0, 0.1) is 5.92 Å². The lowest BCUT2D eigenvalue weighted by Gasteiger charge is -2.26. The number of halogens is 2. The third kappa shape index (κ3) is 6.18. The zero-order chi connectivity index (χ0) is 15.7. The third-order valence-corrected chi connectivity index (χ3v) is 4.76. The smallest absolute Gasteiger partial charge is 0.0468 e. The number of benzene rings is 1. The fourth-order valence-corrected chi connectivity index (χ4v) is 3.44. The van der Waals surface area contributed by atoms with Crippen LogP contribution in [0.2, 0.25) is 10.0 Å². The van der Waals surface area contributed by atoms with Gasteiger partial charge in [0.1, 0.15) is 0 Å². The topological polar surface area (TPSA) is 12.0 Å². The van der Waals surface area contributed by atoms with Crippen molar-refractivity contribution in [2.45, 2.75) is 65.3 Å². The van der Waals surface area contributed by atoms with Gasteiger partial charge in [-0.05, 0) is 37.4 Å². The number of unbranched alkanes of at least 4 members (excludes halogenated alkanes) is 1. The molecule has 0 fully saturated rings. The fourth-order valence-electron chi connectivity index (χ4n) is 2.78. The molecule has 1 aromatic rings. The van der Waals surface area contributed by atoms with Gasteiger partial charge in [0, 0.05) is 21.7 Å². The van der Waals surface area contributed by atoms with E-state index in [0.29, 0.717) is 0 Å². The Kier molecular flexibility index (Phi) is 9.39. The molecule has 2 unspecified atom stereocenters. The van der Waals surface area contributed by atoms with E-state index < -0.39 is 0 Å². The Morgan fingerprint density at radius 3 is 2.24 bits per heavy atom. The third-order valence-electron chi connectivity index (χ3n) is 4.10. The van der Waals surface area contributed by atoms with Crippen LogP contribution in [0.1, 0.15) is 70.9 Å². The monoisotopic (exact) mass is 329 g/mol. The first-order chi connectivity index (χ1) is 10.1. The summed E-state index contributed by atoms with van der Waals surface area (Å²) in [5.74, 6) is 0.728. The molecule has 1 N–H and O–H groups in total. The summed E-state index contributed by atoms with van der Waals surface area (Å²) in [6.45, 7) is 7.72. The van der Waals surface area contributed by atoms with E-state index in [1.807, 2.05) is 18.2 Å². The molecule has 0 amide bonds. The molecular formula is C18H29Cl2N. The summed E-state index contributed by atoms with van der Waals surface area (Å²) >= 11 is 12.8. The molecule has 1 aromatic carbocycles. The molecule has 0 aliphatic rings. The van der Waals surface area contributed by atoms with Gasteiger partial charge in [0.2, 0.25) is 0 Å². The minimum atomic E-state index is 0.257. The average molecular weight is 330 g/mol. The Morgan fingerprint density at radius 1 is 1.05 bits per heavy atom. The van der Waals surface area contributed by atoms with Crippen LogP contribution in [0.25, 0.3) is 0 Å². The number of rotatable bonds is 10. The van der Waals surface area contributed by atoms with Gasteiger partial charge >= 0.3 is 0 Å². The van der Waals surface area contributed by atoms with Crippen LogP contribution in [-0.4, -0.2) is 6.54 Å². The van der Waals surface area contributed by atoms with Crippen LogP contribution in [0.5, 0.6) is 0 Å². The van der Waals surface area contributed by atoms with Crippen molar-refractivity contribution in [1.29, 1.82) is 0 Å². The summed E-state index contributed by atoms with van der Waals surface area (Å²) < 4.78 is 0. The van der Waals surface area contributed by atoms with Crippen molar-refractivity contribution in [1.82, 2.24) is 5.32 Å². The molecule has 3 heteroatoms. The second kappa shape index (κ2) is 10.5. The predicted molar refractivity (Wildman–Crippen MR) is 95.4 cm³/mol. The molecule has 0 aliphatic carbocycles. The first-order valence-electron chi connectivity index (χ1n) is 8.31. The lowest BCUT2D eigenvalue weighted by Crippen LogP contribution is -2.25. The molecule has 0 bridgehead atoms. The van der Waals surface area contributed by atoms with E-state index in [0.717, 1.165) is 40.9 Å². The molecule has 0 heterocycles.